The molecule has 2 atom stereocenters. The van der Waals surface area contributed by atoms with Gasteiger partial charge in [0.25, 0.3) is 5.69 Å². The van der Waals surface area contributed by atoms with E-state index in [0.717, 1.165) is 5.19 Å². The molecule has 0 saturated carbocycles. The number of aliphatic hydroxyl groups is 1. The van der Waals surface area contributed by atoms with Gasteiger partial charge in [-0.3, -0.25) is 10.1 Å². The Balaban J connectivity index is 2.27. The third-order valence-electron chi connectivity index (χ3n) is 4.42. The fourth-order valence-corrected chi connectivity index (χ4v) is 5.43. The van der Waals surface area contributed by atoms with Crippen LogP contribution in [0.2, 0.25) is 13.1 Å². The molecule has 0 aliphatic rings. The quantitative estimate of drug-likeness (QED) is 0.497. The number of nitro benzene ring substituents is 1. The van der Waals surface area contributed by atoms with Crippen molar-refractivity contribution in [1.82, 2.24) is 0 Å². The molecule has 0 bridgehead atoms. The summed E-state index contributed by atoms with van der Waals surface area (Å²) in [5.41, 5.74) is 0.300. The highest BCUT2D eigenvalue weighted by Crippen LogP contribution is 2.28. The third-order valence-corrected chi connectivity index (χ3v) is 7.89. The zero-order chi connectivity index (χ0) is 17.9. The molecule has 0 radical (unpaired) electrons. The molecule has 126 valence electrons. The fraction of sp³-hybridized carbons (Fsp3) is 0.278. The van der Waals surface area contributed by atoms with Crippen molar-refractivity contribution in [2.24, 2.45) is 5.92 Å². The summed E-state index contributed by atoms with van der Waals surface area (Å²) in [5, 5.41) is 22.5. The highest BCUT2D eigenvalue weighted by molar-refractivity contribution is 7.13. The molecule has 6 heteroatoms. The van der Waals surface area contributed by atoms with E-state index >= 15 is 0 Å². The Morgan fingerprint density at radius 2 is 1.75 bits per heavy atom. The van der Waals surface area contributed by atoms with Gasteiger partial charge in [0.1, 0.15) is 5.41 Å². The summed E-state index contributed by atoms with van der Waals surface area (Å²) in [6, 6.07) is 15.4. The monoisotopic (exact) mass is 343 g/mol. The number of non-ortho nitro benzene ring substituents is 1. The van der Waals surface area contributed by atoms with Crippen molar-refractivity contribution in [3.05, 3.63) is 70.3 Å². The Kier molecular flexibility index (Phi) is 5.31. The van der Waals surface area contributed by atoms with Crippen LogP contribution in [-0.4, -0.2) is 23.5 Å². The van der Waals surface area contributed by atoms with Gasteiger partial charge in [-0.05, 0) is 5.56 Å². The number of aliphatic hydroxyl groups excluding tert-OH is 1. The minimum atomic E-state index is -2.41. The Hall–Kier alpha value is -2.31. The Morgan fingerprint density at radius 1 is 1.12 bits per heavy atom. The molecule has 0 aromatic heterocycles. The zero-order valence-corrected chi connectivity index (χ0v) is 15.0. The van der Waals surface area contributed by atoms with Crippen LogP contribution in [0.25, 0.3) is 0 Å². The van der Waals surface area contributed by atoms with Gasteiger partial charge in [-0.25, -0.2) is 0 Å². The topological polar surface area (TPSA) is 80.4 Å². The molecule has 1 N–H and O–H groups in total. The van der Waals surface area contributed by atoms with Gasteiger partial charge in [0.15, 0.2) is 8.07 Å². The number of benzene rings is 2. The predicted octanol–water partition coefficient (Wildman–Crippen LogP) is 2.99. The second-order valence-corrected chi connectivity index (χ2v) is 10.8. The maximum absolute atomic E-state index is 13.0. The number of carbonyl (C=O) groups is 1. The lowest BCUT2D eigenvalue weighted by atomic mass is 9.98. The van der Waals surface area contributed by atoms with Gasteiger partial charge in [-0.2, -0.15) is 0 Å². The van der Waals surface area contributed by atoms with Gasteiger partial charge < -0.3 is 9.90 Å². The molecule has 2 rings (SSSR count). The first-order chi connectivity index (χ1) is 11.2. The molecule has 0 aliphatic carbocycles. The van der Waals surface area contributed by atoms with Gasteiger partial charge in [0.2, 0.25) is 0 Å². The average Bonchev–Trinajstić information content (AvgIpc) is 2.60. The highest BCUT2D eigenvalue weighted by atomic mass is 28.3. The summed E-state index contributed by atoms with van der Waals surface area (Å²) >= 11 is 0. The molecule has 0 amide bonds. The van der Waals surface area contributed by atoms with E-state index in [-0.39, 0.29) is 11.1 Å². The largest absolute Gasteiger partial charge is 0.388 e. The summed E-state index contributed by atoms with van der Waals surface area (Å²) in [6.45, 7) is 5.60. The molecule has 0 unspecified atom stereocenters. The van der Waals surface area contributed by atoms with Crippen molar-refractivity contribution in [3.63, 3.8) is 0 Å². The van der Waals surface area contributed by atoms with Gasteiger partial charge in [-0.1, -0.05) is 67.7 Å². The molecule has 5 nitrogen and oxygen atoms in total. The normalized spacial score (nSPS) is 14.0. The number of hydrogen-bond donors (Lipinski definition) is 1. The van der Waals surface area contributed by atoms with Crippen LogP contribution in [0, 0.1) is 16.0 Å². The summed E-state index contributed by atoms with van der Waals surface area (Å²) < 4.78 is 0. The second-order valence-electron chi connectivity index (χ2n) is 6.44. The summed E-state index contributed by atoms with van der Waals surface area (Å²) in [4.78, 5) is 23.3. The van der Waals surface area contributed by atoms with E-state index in [1.54, 1.807) is 13.0 Å². The van der Waals surface area contributed by atoms with Crippen LogP contribution in [0.15, 0.2) is 54.6 Å². The van der Waals surface area contributed by atoms with E-state index < -0.39 is 25.0 Å². The Bertz CT molecular complexity index is 746. The van der Waals surface area contributed by atoms with E-state index in [0.29, 0.717) is 5.56 Å². The smallest absolute Gasteiger partial charge is 0.269 e. The molecule has 2 aromatic carbocycles. The van der Waals surface area contributed by atoms with Crippen molar-refractivity contribution >= 4 is 24.4 Å². The third kappa shape index (κ3) is 3.60. The molecule has 0 aliphatic heterocycles. The first kappa shape index (κ1) is 18.0. The first-order valence-corrected chi connectivity index (χ1v) is 10.8. The molecule has 24 heavy (non-hydrogen) atoms. The molecule has 0 heterocycles. The number of hydrogen-bond acceptors (Lipinski definition) is 4. The van der Waals surface area contributed by atoms with Gasteiger partial charge >= 0.3 is 0 Å². The lowest BCUT2D eigenvalue weighted by Crippen LogP contribution is -2.53. The summed E-state index contributed by atoms with van der Waals surface area (Å²) in [6.07, 6.45) is -1.06. The molecule has 0 spiro atoms. The minimum absolute atomic E-state index is 0.0210. The summed E-state index contributed by atoms with van der Waals surface area (Å²) in [7, 11) is -2.41. The maximum atomic E-state index is 13.0. The van der Waals surface area contributed by atoms with Crippen molar-refractivity contribution in [2.75, 3.05) is 0 Å². The van der Waals surface area contributed by atoms with Crippen molar-refractivity contribution in [3.8, 4) is 0 Å². The number of nitro groups is 1. The number of rotatable bonds is 6. The highest BCUT2D eigenvalue weighted by Gasteiger charge is 2.38. The Labute approximate surface area is 142 Å². The summed E-state index contributed by atoms with van der Waals surface area (Å²) in [5.74, 6) is -0.631. The standard InChI is InChI=1S/C18H21NO4Si/c1-13(17(20)14-8-7-9-15(12-14)19(22)23)18(21)24(2,3)16-10-5-4-6-11-16/h4-13,17,20H,1-3H3/t13-,17-/m1/s1. The van der Waals surface area contributed by atoms with E-state index in [1.165, 1.54) is 18.2 Å². The molecule has 2 aromatic rings. The first-order valence-electron chi connectivity index (χ1n) is 7.77. The van der Waals surface area contributed by atoms with Crippen LogP contribution in [0.3, 0.4) is 0 Å². The maximum Gasteiger partial charge on any atom is 0.269 e. The number of carbonyl (C=O) groups excluding carboxylic acids is 1. The lowest BCUT2D eigenvalue weighted by molar-refractivity contribution is -0.385. The van der Waals surface area contributed by atoms with Crippen LogP contribution >= 0.6 is 0 Å². The molecule has 0 saturated heterocycles. The average molecular weight is 343 g/mol. The number of nitrogens with zero attached hydrogens (tertiary/aromatic N) is 1. The second kappa shape index (κ2) is 7.07. The molecular weight excluding hydrogens is 322 g/mol. The van der Waals surface area contributed by atoms with Crippen LogP contribution in [0.4, 0.5) is 5.69 Å². The van der Waals surface area contributed by atoms with Crippen LogP contribution in [0.5, 0.6) is 0 Å². The van der Waals surface area contributed by atoms with E-state index in [1.807, 2.05) is 43.4 Å². The van der Waals surface area contributed by atoms with Gasteiger partial charge in [-0.15, -0.1) is 0 Å². The minimum Gasteiger partial charge on any atom is -0.388 e. The SMILES string of the molecule is C[C@@H](C(=O)[Si](C)(C)c1ccccc1)[C@@H](O)c1cccc([N+](=O)[O-])c1. The van der Waals surface area contributed by atoms with Crippen molar-refractivity contribution < 1.29 is 14.8 Å². The van der Waals surface area contributed by atoms with E-state index in [9.17, 15) is 20.0 Å². The van der Waals surface area contributed by atoms with Gasteiger partial charge in [0, 0.05) is 18.1 Å². The van der Waals surface area contributed by atoms with Gasteiger partial charge in [0.05, 0.1) is 11.0 Å². The van der Waals surface area contributed by atoms with Crippen molar-refractivity contribution in [2.45, 2.75) is 26.1 Å². The molecule has 0 fully saturated rings. The Morgan fingerprint density at radius 3 is 2.33 bits per heavy atom. The lowest BCUT2D eigenvalue weighted by Gasteiger charge is -2.28. The zero-order valence-electron chi connectivity index (χ0n) is 14.0. The van der Waals surface area contributed by atoms with Crippen LogP contribution in [-0.2, 0) is 4.79 Å². The van der Waals surface area contributed by atoms with Crippen LogP contribution in [0.1, 0.15) is 18.6 Å². The van der Waals surface area contributed by atoms with Crippen molar-refractivity contribution in [1.29, 1.82) is 0 Å². The fourth-order valence-electron chi connectivity index (χ4n) is 2.82. The predicted molar refractivity (Wildman–Crippen MR) is 95.8 cm³/mol. The van der Waals surface area contributed by atoms with E-state index in [2.05, 4.69) is 0 Å². The van der Waals surface area contributed by atoms with Crippen LogP contribution < -0.4 is 5.19 Å². The molecular formula is C18H21NO4Si. The van der Waals surface area contributed by atoms with E-state index in [4.69, 9.17) is 0 Å².